The molecule has 0 saturated carbocycles. The SMILES string of the molecule is CCCCCCCc1ccc2c(F)c(-c3ccc(-c4cc(F)c(Cl)c(F)c4)c(F)c3)ccc2c1. The first-order chi connectivity index (χ1) is 16.4. The third-order valence-electron chi connectivity index (χ3n) is 6.16. The number of aryl methyl sites for hydroxylation is 1. The second kappa shape index (κ2) is 10.6. The largest absolute Gasteiger partial charge is 0.206 e. The fourth-order valence-electron chi connectivity index (χ4n) is 4.28. The number of benzene rings is 4. The van der Waals surface area contributed by atoms with Gasteiger partial charge < -0.3 is 0 Å². The Labute approximate surface area is 202 Å². The van der Waals surface area contributed by atoms with Crippen LogP contribution >= 0.6 is 11.6 Å². The fourth-order valence-corrected chi connectivity index (χ4v) is 4.39. The minimum Gasteiger partial charge on any atom is -0.206 e. The molecular weight excluding hydrogens is 460 g/mol. The van der Waals surface area contributed by atoms with Crippen molar-refractivity contribution >= 4 is 22.4 Å². The summed E-state index contributed by atoms with van der Waals surface area (Å²) in [6, 6.07) is 15.3. The molecule has 0 aliphatic rings. The van der Waals surface area contributed by atoms with Crippen LogP contribution in [0.25, 0.3) is 33.0 Å². The summed E-state index contributed by atoms with van der Waals surface area (Å²) in [5.74, 6) is -3.08. The molecule has 0 saturated heterocycles. The maximum absolute atomic E-state index is 15.3. The highest BCUT2D eigenvalue weighted by Gasteiger charge is 2.16. The molecule has 0 heterocycles. The van der Waals surface area contributed by atoms with E-state index in [1.54, 1.807) is 12.1 Å². The van der Waals surface area contributed by atoms with E-state index in [0.29, 0.717) is 10.9 Å². The van der Waals surface area contributed by atoms with Gasteiger partial charge in [0.05, 0.1) is 0 Å². The van der Waals surface area contributed by atoms with Gasteiger partial charge >= 0.3 is 0 Å². The smallest absolute Gasteiger partial charge is 0.145 e. The molecule has 176 valence electrons. The molecule has 0 unspecified atom stereocenters. The molecule has 0 radical (unpaired) electrons. The van der Waals surface area contributed by atoms with Crippen LogP contribution in [0, 0.1) is 23.3 Å². The Morgan fingerprint density at radius 2 is 1.32 bits per heavy atom. The van der Waals surface area contributed by atoms with Crippen LogP contribution in [-0.4, -0.2) is 0 Å². The topological polar surface area (TPSA) is 0 Å². The predicted octanol–water partition coefficient (Wildman–Crippen LogP) is 9.90. The van der Waals surface area contributed by atoms with Gasteiger partial charge in [-0.15, -0.1) is 0 Å². The van der Waals surface area contributed by atoms with E-state index in [0.717, 1.165) is 30.4 Å². The molecular formula is C29H25ClF4. The minimum absolute atomic E-state index is 0.00277. The van der Waals surface area contributed by atoms with Crippen LogP contribution in [0.1, 0.15) is 44.6 Å². The van der Waals surface area contributed by atoms with Crippen LogP contribution in [0.5, 0.6) is 0 Å². The number of fused-ring (bicyclic) bond motifs is 1. The van der Waals surface area contributed by atoms with Crippen molar-refractivity contribution in [3.63, 3.8) is 0 Å². The quantitative estimate of drug-likeness (QED) is 0.132. The lowest BCUT2D eigenvalue weighted by Gasteiger charge is -2.11. The van der Waals surface area contributed by atoms with Gasteiger partial charge in [0.1, 0.15) is 28.3 Å². The summed E-state index contributed by atoms with van der Waals surface area (Å²) in [6.45, 7) is 2.19. The molecule has 0 nitrogen and oxygen atoms in total. The van der Waals surface area contributed by atoms with Crippen LogP contribution < -0.4 is 0 Å². The molecule has 34 heavy (non-hydrogen) atoms. The van der Waals surface area contributed by atoms with Gasteiger partial charge in [-0.3, -0.25) is 0 Å². The molecule has 0 aliphatic carbocycles. The molecule has 4 rings (SSSR count). The van der Waals surface area contributed by atoms with Crippen molar-refractivity contribution in [2.45, 2.75) is 45.4 Å². The second-order valence-electron chi connectivity index (χ2n) is 8.60. The van der Waals surface area contributed by atoms with E-state index in [2.05, 4.69) is 6.92 Å². The summed E-state index contributed by atoms with van der Waals surface area (Å²) in [4.78, 5) is 0. The van der Waals surface area contributed by atoms with Crippen molar-refractivity contribution in [3.8, 4) is 22.3 Å². The van der Waals surface area contributed by atoms with Gasteiger partial charge in [0.2, 0.25) is 0 Å². The van der Waals surface area contributed by atoms with E-state index in [9.17, 15) is 13.2 Å². The molecule has 0 atom stereocenters. The predicted molar refractivity (Wildman–Crippen MR) is 132 cm³/mol. The van der Waals surface area contributed by atoms with Gasteiger partial charge in [0.25, 0.3) is 0 Å². The maximum Gasteiger partial charge on any atom is 0.145 e. The van der Waals surface area contributed by atoms with Crippen LogP contribution in [-0.2, 0) is 6.42 Å². The third kappa shape index (κ3) is 5.12. The van der Waals surface area contributed by atoms with E-state index >= 15 is 4.39 Å². The Bertz CT molecular complexity index is 1310. The lowest BCUT2D eigenvalue weighted by atomic mass is 9.95. The lowest BCUT2D eigenvalue weighted by Crippen LogP contribution is -1.93. The molecule has 0 amide bonds. The summed E-state index contributed by atoms with van der Waals surface area (Å²) in [7, 11) is 0. The molecule has 0 aliphatic heterocycles. The van der Waals surface area contributed by atoms with Crippen LogP contribution in [0.4, 0.5) is 17.6 Å². The number of hydrogen-bond acceptors (Lipinski definition) is 0. The first-order valence-corrected chi connectivity index (χ1v) is 11.9. The normalized spacial score (nSPS) is 11.4. The fraction of sp³-hybridized carbons (Fsp3) is 0.241. The third-order valence-corrected chi connectivity index (χ3v) is 6.52. The van der Waals surface area contributed by atoms with E-state index in [1.165, 1.54) is 49.4 Å². The van der Waals surface area contributed by atoms with Crippen molar-refractivity contribution in [2.24, 2.45) is 0 Å². The van der Waals surface area contributed by atoms with Crippen molar-refractivity contribution < 1.29 is 17.6 Å². The van der Waals surface area contributed by atoms with Gasteiger partial charge in [-0.05, 0) is 53.1 Å². The van der Waals surface area contributed by atoms with E-state index in [1.807, 2.05) is 18.2 Å². The van der Waals surface area contributed by atoms with Crippen LogP contribution in [0.3, 0.4) is 0 Å². The standard InChI is InChI=1S/C29H25ClF4/c1-2-3-4-5-6-7-18-8-11-23-19(14-18)10-13-24(29(23)34)20-9-12-22(25(31)15-20)21-16-26(32)28(30)27(33)17-21/h8-17H,2-7H2,1H3. The summed E-state index contributed by atoms with van der Waals surface area (Å²) >= 11 is 5.51. The molecule has 0 spiro atoms. The summed E-state index contributed by atoms with van der Waals surface area (Å²) in [5, 5.41) is 0.633. The molecule has 0 N–H and O–H groups in total. The molecule has 4 aromatic carbocycles. The Kier molecular flexibility index (Phi) is 7.57. The first kappa shape index (κ1) is 24.3. The van der Waals surface area contributed by atoms with E-state index in [4.69, 9.17) is 11.6 Å². The van der Waals surface area contributed by atoms with Gasteiger partial charge in [0, 0.05) is 16.5 Å². The summed E-state index contributed by atoms with van der Waals surface area (Å²) in [5.41, 5.74) is 1.80. The van der Waals surface area contributed by atoms with Gasteiger partial charge in [-0.25, -0.2) is 17.6 Å². The van der Waals surface area contributed by atoms with Crippen LogP contribution in [0.2, 0.25) is 5.02 Å². The Morgan fingerprint density at radius 1 is 0.647 bits per heavy atom. The average molecular weight is 485 g/mol. The first-order valence-electron chi connectivity index (χ1n) is 11.5. The van der Waals surface area contributed by atoms with Gasteiger partial charge in [0.15, 0.2) is 0 Å². The van der Waals surface area contributed by atoms with E-state index < -0.39 is 28.3 Å². The number of halogens is 5. The summed E-state index contributed by atoms with van der Waals surface area (Å²) in [6.07, 6.45) is 6.96. The van der Waals surface area contributed by atoms with Crippen LogP contribution in [0.15, 0.2) is 60.7 Å². The number of hydrogen-bond donors (Lipinski definition) is 0. The highest BCUT2D eigenvalue weighted by Crippen LogP contribution is 2.34. The highest BCUT2D eigenvalue weighted by atomic mass is 35.5. The number of unbranched alkanes of at least 4 members (excludes halogenated alkanes) is 4. The zero-order chi connectivity index (χ0) is 24.2. The molecule has 0 aromatic heterocycles. The zero-order valence-corrected chi connectivity index (χ0v) is 19.7. The lowest BCUT2D eigenvalue weighted by molar-refractivity contribution is 0.584. The van der Waals surface area contributed by atoms with Crippen molar-refractivity contribution in [3.05, 3.63) is 94.5 Å². The van der Waals surface area contributed by atoms with Gasteiger partial charge in [-0.2, -0.15) is 0 Å². The summed E-state index contributed by atoms with van der Waals surface area (Å²) < 4.78 is 57.8. The molecule has 0 bridgehead atoms. The monoisotopic (exact) mass is 484 g/mol. The van der Waals surface area contributed by atoms with Crippen molar-refractivity contribution in [2.75, 3.05) is 0 Å². The highest BCUT2D eigenvalue weighted by molar-refractivity contribution is 6.31. The van der Waals surface area contributed by atoms with Gasteiger partial charge in [-0.1, -0.05) is 86.7 Å². The second-order valence-corrected chi connectivity index (χ2v) is 8.97. The Morgan fingerprint density at radius 3 is 2.03 bits per heavy atom. The number of rotatable bonds is 8. The Hall–Kier alpha value is -2.85. The maximum atomic E-state index is 15.3. The molecule has 5 heteroatoms. The minimum atomic E-state index is -0.971. The average Bonchev–Trinajstić information content (AvgIpc) is 2.82. The zero-order valence-electron chi connectivity index (χ0n) is 18.9. The molecule has 4 aromatic rings. The van der Waals surface area contributed by atoms with E-state index in [-0.39, 0.29) is 16.7 Å². The Balaban J connectivity index is 1.60. The van der Waals surface area contributed by atoms with Crippen molar-refractivity contribution in [1.82, 2.24) is 0 Å². The molecule has 0 fully saturated rings. The van der Waals surface area contributed by atoms with Crippen molar-refractivity contribution in [1.29, 1.82) is 0 Å².